The average molecular weight is 478 g/mol. The fourth-order valence-electron chi connectivity index (χ4n) is 4.47. The van der Waals surface area contributed by atoms with Crippen LogP contribution in [0.1, 0.15) is 47.0 Å². The number of nitrogens with two attached hydrogens (primary N) is 1. The molecule has 1 saturated heterocycles. The number of sulfonamides is 1. The van der Waals surface area contributed by atoms with Crippen molar-refractivity contribution in [2.24, 2.45) is 11.7 Å². The monoisotopic (exact) mass is 477 g/mol. The number of benzene rings is 1. The van der Waals surface area contributed by atoms with Gasteiger partial charge in [0.2, 0.25) is 15.9 Å². The minimum atomic E-state index is -3.86. The third kappa shape index (κ3) is 4.14. The van der Waals surface area contributed by atoms with Gasteiger partial charge in [0.25, 0.3) is 5.91 Å². The molecule has 2 atom stereocenters. The van der Waals surface area contributed by atoms with Crippen LogP contribution in [0.4, 0.5) is 5.00 Å². The first-order chi connectivity index (χ1) is 15.2. The van der Waals surface area contributed by atoms with Crippen molar-refractivity contribution in [1.29, 1.82) is 0 Å². The number of methoxy groups -OCH3 is 1. The molecular formula is C22H27N3O5S2. The molecule has 8 nitrogen and oxygen atoms in total. The van der Waals surface area contributed by atoms with Gasteiger partial charge in [-0.15, -0.1) is 11.3 Å². The number of thiophene rings is 1. The van der Waals surface area contributed by atoms with Crippen LogP contribution in [0.25, 0.3) is 0 Å². The van der Waals surface area contributed by atoms with E-state index in [0.717, 1.165) is 29.7 Å². The highest BCUT2D eigenvalue weighted by Crippen LogP contribution is 2.40. The van der Waals surface area contributed by atoms with Crippen molar-refractivity contribution in [3.8, 4) is 5.75 Å². The van der Waals surface area contributed by atoms with Crippen LogP contribution in [0, 0.1) is 5.92 Å². The number of carbonyl (C=O) groups is 2. The van der Waals surface area contributed by atoms with E-state index in [0.29, 0.717) is 35.1 Å². The van der Waals surface area contributed by atoms with Crippen LogP contribution < -0.4 is 15.8 Å². The van der Waals surface area contributed by atoms with Gasteiger partial charge in [-0.3, -0.25) is 9.59 Å². The summed E-state index contributed by atoms with van der Waals surface area (Å²) in [7, 11) is -2.35. The van der Waals surface area contributed by atoms with Gasteiger partial charge in [-0.2, -0.15) is 4.31 Å². The molecule has 1 aromatic heterocycles. The van der Waals surface area contributed by atoms with Crippen molar-refractivity contribution in [3.05, 3.63) is 40.3 Å². The molecule has 0 bridgehead atoms. The second-order valence-electron chi connectivity index (χ2n) is 8.36. The average Bonchev–Trinajstić information content (AvgIpc) is 3.38. The van der Waals surface area contributed by atoms with Gasteiger partial charge in [-0.05, 0) is 67.9 Å². The number of hydrogen-bond donors (Lipinski definition) is 2. The van der Waals surface area contributed by atoms with Gasteiger partial charge in [0.1, 0.15) is 16.8 Å². The van der Waals surface area contributed by atoms with E-state index in [4.69, 9.17) is 10.5 Å². The summed E-state index contributed by atoms with van der Waals surface area (Å²) >= 11 is 1.38. The van der Waals surface area contributed by atoms with Crippen LogP contribution in [-0.2, 0) is 27.7 Å². The topological polar surface area (TPSA) is 119 Å². The van der Waals surface area contributed by atoms with Gasteiger partial charge >= 0.3 is 0 Å². The van der Waals surface area contributed by atoms with Crippen molar-refractivity contribution < 1.29 is 22.7 Å². The summed E-state index contributed by atoms with van der Waals surface area (Å²) in [5, 5.41) is 3.26. The molecule has 0 saturated carbocycles. The minimum Gasteiger partial charge on any atom is -0.497 e. The first-order valence-corrected chi connectivity index (χ1v) is 12.9. The van der Waals surface area contributed by atoms with Crippen LogP contribution in [0.2, 0.25) is 0 Å². The van der Waals surface area contributed by atoms with Crippen LogP contribution in [-0.4, -0.2) is 44.2 Å². The number of fused-ring (bicyclic) bond motifs is 1. The zero-order valence-corrected chi connectivity index (χ0v) is 19.7. The van der Waals surface area contributed by atoms with E-state index in [1.807, 2.05) is 0 Å². The number of primary amides is 1. The molecule has 1 fully saturated rings. The van der Waals surface area contributed by atoms with Crippen molar-refractivity contribution in [2.45, 2.75) is 50.0 Å². The summed E-state index contributed by atoms with van der Waals surface area (Å²) in [5.41, 5.74) is 6.93. The minimum absolute atomic E-state index is 0.108. The van der Waals surface area contributed by atoms with E-state index in [-0.39, 0.29) is 11.4 Å². The molecule has 4 rings (SSSR count). The van der Waals surface area contributed by atoms with Crippen LogP contribution in [0.3, 0.4) is 0 Å². The molecule has 0 radical (unpaired) electrons. The Kier molecular flexibility index (Phi) is 6.28. The van der Waals surface area contributed by atoms with Crippen molar-refractivity contribution in [1.82, 2.24) is 4.31 Å². The summed E-state index contributed by atoms with van der Waals surface area (Å²) in [6.45, 7) is 2.42. The lowest BCUT2D eigenvalue weighted by molar-refractivity contribution is -0.119. The van der Waals surface area contributed by atoms with Crippen LogP contribution >= 0.6 is 11.3 Å². The lowest BCUT2D eigenvalue weighted by Gasteiger charge is -2.23. The molecule has 0 spiro atoms. The SMILES string of the molecule is COc1ccc(S(=O)(=O)N2CCCC2C(=O)Nc2sc3c(c2C(N)=O)CCC(C)C3)cc1. The van der Waals surface area contributed by atoms with E-state index in [1.165, 1.54) is 34.9 Å². The second kappa shape index (κ2) is 8.84. The number of amides is 2. The standard InChI is InChI=1S/C22H27N3O5S2/c1-13-5-10-16-18(12-13)31-22(19(16)20(23)26)24-21(27)17-4-3-11-25(17)32(28,29)15-8-6-14(30-2)7-9-15/h6-9,13,17H,3-5,10-12H2,1-2H3,(H2,23,26)(H,24,27). The van der Waals surface area contributed by atoms with E-state index in [2.05, 4.69) is 12.2 Å². The highest BCUT2D eigenvalue weighted by Gasteiger charge is 2.40. The second-order valence-corrected chi connectivity index (χ2v) is 11.4. The lowest BCUT2D eigenvalue weighted by Crippen LogP contribution is -2.43. The fraction of sp³-hybridized carbons (Fsp3) is 0.455. The molecule has 3 N–H and O–H groups in total. The van der Waals surface area contributed by atoms with Crippen molar-refractivity contribution in [3.63, 3.8) is 0 Å². The van der Waals surface area contributed by atoms with E-state index < -0.39 is 27.9 Å². The number of anilines is 1. The highest BCUT2D eigenvalue weighted by molar-refractivity contribution is 7.89. The Morgan fingerprint density at radius 1 is 1.22 bits per heavy atom. The Balaban J connectivity index is 1.59. The number of carbonyl (C=O) groups excluding carboxylic acids is 2. The predicted molar refractivity (Wildman–Crippen MR) is 123 cm³/mol. The predicted octanol–water partition coefficient (Wildman–Crippen LogP) is 2.77. The molecule has 1 aliphatic carbocycles. The Morgan fingerprint density at radius 3 is 2.59 bits per heavy atom. The quantitative estimate of drug-likeness (QED) is 0.663. The van der Waals surface area contributed by atoms with Gasteiger partial charge < -0.3 is 15.8 Å². The molecule has 2 heterocycles. The summed E-state index contributed by atoms with van der Waals surface area (Å²) < 4.78 is 32.7. The van der Waals surface area contributed by atoms with E-state index >= 15 is 0 Å². The molecule has 10 heteroatoms. The lowest BCUT2D eigenvalue weighted by atomic mass is 9.88. The molecule has 172 valence electrons. The number of nitrogens with zero attached hydrogens (tertiary/aromatic N) is 1. The molecule has 2 aliphatic rings. The molecule has 32 heavy (non-hydrogen) atoms. The normalized spacial score (nSPS) is 21.2. The number of rotatable bonds is 6. The van der Waals surface area contributed by atoms with Gasteiger partial charge in [0, 0.05) is 11.4 Å². The zero-order chi connectivity index (χ0) is 23.0. The molecular weight excluding hydrogens is 450 g/mol. The maximum atomic E-state index is 13.2. The van der Waals surface area contributed by atoms with Gasteiger partial charge in [-0.1, -0.05) is 6.92 Å². The molecule has 2 amide bonds. The summed E-state index contributed by atoms with van der Waals surface area (Å²) in [6, 6.07) is 5.26. The molecule has 2 aromatic rings. The third-order valence-corrected chi connectivity index (χ3v) is 9.26. The fourth-order valence-corrected chi connectivity index (χ4v) is 7.54. The van der Waals surface area contributed by atoms with Crippen LogP contribution in [0.5, 0.6) is 5.75 Å². The summed E-state index contributed by atoms with van der Waals surface area (Å²) in [6.07, 6.45) is 3.55. The zero-order valence-electron chi connectivity index (χ0n) is 18.1. The van der Waals surface area contributed by atoms with Crippen molar-refractivity contribution >= 4 is 38.2 Å². The summed E-state index contributed by atoms with van der Waals surface area (Å²) in [4.78, 5) is 26.5. The van der Waals surface area contributed by atoms with E-state index in [9.17, 15) is 18.0 Å². The Bertz CT molecular complexity index is 1140. The number of nitrogens with one attached hydrogen (secondary N) is 1. The Labute approximate surface area is 191 Å². The Hall–Kier alpha value is -2.43. The molecule has 1 aliphatic heterocycles. The molecule has 2 unspecified atom stereocenters. The van der Waals surface area contributed by atoms with Gasteiger partial charge in [0.05, 0.1) is 17.6 Å². The third-order valence-electron chi connectivity index (χ3n) is 6.17. The first-order valence-electron chi connectivity index (χ1n) is 10.6. The number of ether oxygens (including phenoxy) is 1. The highest BCUT2D eigenvalue weighted by atomic mass is 32.2. The van der Waals surface area contributed by atoms with Crippen LogP contribution in [0.15, 0.2) is 29.2 Å². The maximum absolute atomic E-state index is 13.2. The maximum Gasteiger partial charge on any atom is 0.251 e. The first kappa shape index (κ1) is 22.8. The smallest absolute Gasteiger partial charge is 0.251 e. The molecule has 1 aromatic carbocycles. The van der Waals surface area contributed by atoms with Gasteiger partial charge in [-0.25, -0.2) is 8.42 Å². The Morgan fingerprint density at radius 2 is 1.94 bits per heavy atom. The van der Waals surface area contributed by atoms with Crippen molar-refractivity contribution in [2.75, 3.05) is 19.0 Å². The van der Waals surface area contributed by atoms with Gasteiger partial charge in [0.15, 0.2) is 0 Å². The van der Waals surface area contributed by atoms with E-state index in [1.54, 1.807) is 12.1 Å². The number of hydrogen-bond acceptors (Lipinski definition) is 6. The summed E-state index contributed by atoms with van der Waals surface area (Å²) in [5.74, 6) is 0.0511. The largest absolute Gasteiger partial charge is 0.497 e.